The van der Waals surface area contributed by atoms with Crippen LogP contribution in [0.2, 0.25) is 0 Å². The van der Waals surface area contributed by atoms with Crippen LogP contribution in [-0.4, -0.2) is 18.3 Å². The Labute approximate surface area is 94.6 Å². The highest BCUT2D eigenvalue weighted by atomic mass is 19.1. The molecule has 1 heterocycles. The molecule has 2 aromatic rings. The van der Waals surface area contributed by atoms with Crippen molar-refractivity contribution in [2.24, 2.45) is 0 Å². The summed E-state index contributed by atoms with van der Waals surface area (Å²) in [5.74, 6) is -0.216. The number of ether oxygens (including phenoxy) is 1. The van der Waals surface area contributed by atoms with Crippen LogP contribution in [0, 0.1) is 12.7 Å². The van der Waals surface area contributed by atoms with Crippen LogP contribution in [0.15, 0.2) is 24.4 Å². The highest BCUT2D eigenvalue weighted by molar-refractivity contribution is 5.84. The van der Waals surface area contributed by atoms with Gasteiger partial charge in [0.2, 0.25) is 0 Å². The van der Waals surface area contributed by atoms with Crippen molar-refractivity contribution in [2.45, 2.75) is 13.0 Å². The van der Waals surface area contributed by atoms with Gasteiger partial charge >= 0.3 is 0 Å². The standard InChI is InChI=1S/C13H15FNO/c1-10-9-15(6-3-7-16-2)13-5-4-11(14)8-12(10)13/h4-5,8-9H,1,3,6-7H2,2H3. The minimum absolute atomic E-state index is 0.216. The molecule has 3 heteroatoms. The molecule has 0 atom stereocenters. The van der Waals surface area contributed by atoms with E-state index in [1.54, 1.807) is 13.2 Å². The van der Waals surface area contributed by atoms with Gasteiger partial charge in [-0.1, -0.05) is 0 Å². The maximum Gasteiger partial charge on any atom is 0.123 e. The topological polar surface area (TPSA) is 14.2 Å². The van der Waals surface area contributed by atoms with Gasteiger partial charge in [-0.15, -0.1) is 0 Å². The quantitative estimate of drug-likeness (QED) is 0.722. The number of aryl methyl sites for hydroxylation is 1. The van der Waals surface area contributed by atoms with Crippen molar-refractivity contribution in [3.8, 4) is 0 Å². The number of methoxy groups -OCH3 is 1. The number of benzene rings is 1. The predicted molar refractivity (Wildman–Crippen MR) is 62.8 cm³/mol. The molecule has 0 aliphatic heterocycles. The molecule has 2 nitrogen and oxygen atoms in total. The molecular formula is C13H15FNO. The number of hydrogen-bond donors (Lipinski definition) is 0. The molecule has 0 saturated heterocycles. The van der Waals surface area contributed by atoms with Crippen LogP contribution in [0.25, 0.3) is 10.9 Å². The van der Waals surface area contributed by atoms with E-state index in [-0.39, 0.29) is 5.82 Å². The van der Waals surface area contributed by atoms with Crippen molar-refractivity contribution < 1.29 is 9.13 Å². The number of nitrogens with zero attached hydrogens (tertiary/aromatic N) is 1. The highest BCUT2D eigenvalue weighted by Gasteiger charge is 2.05. The predicted octanol–water partition coefficient (Wildman–Crippen LogP) is 3.00. The SMILES string of the molecule is [CH2]c1cn(CCCOC)c2ccc(F)cc12. The van der Waals surface area contributed by atoms with Gasteiger partial charge in [0, 0.05) is 37.4 Å². The van der Waals surface area contributed by atoms with Crippen LogP contribution in [0.4, 0.5) is 4.39 Å². The third-order valence-corrected chi connectivity index (χ3v) is 2.67. The fourth-order valence-electron chi connectivity index (χ4n) is 1.91. The van der Waals surface area contributed by atoms with E-state index < -0.39 is 0 Å². The van der Waals surface area contributed by atoms with Gasteiger partial charge in [-0.25, -0.2) is 4.39 Å². The van der Waals surface area contributed by atoms with Crippen LogP contribution in [-0.2, 0) is 11.3 Å². The molecule has 1 aromatic heterocycles. The second-order valence-electron chi connectivity index (χ2n) is 3.86. The molecule has 0 fully saturated rings. The molecule has 0 aliphatic carbocycles. The molecule has 1 aromatic carbocycles. The summed E-state index contributed by atoms with van der Waals surface area (Å²) in [5, 5.41) is 0.886. The molecular weight excluding hydrogens is 205 g/mol. The van der Waals surface area contributed by atoms with E-state index in [2.05, 4.69) is 11.5 Å². The Kier molecular flexibility index (Phi) is 3.25. The normalized spacial score (nSPS) is 11.2. The summed E-state index contributed by atoms with van der Waals surface area (Å²) in [6, 6.07) is 4.81. The summed E-state index contributed by atoms with van der Waals surface area (Å²) in [6.45, 7) is 5.52. The van der Waals surface area contributed by atoms with E-state index in [0.717, 1.165) is 36.0 Å². The van der Waals surface area contributed by atoms with E-state index in [1.165, 1.54) is 12.1 Å². The number of aromatic nitrogens is 1. The lowest BCUT2D eigenvalue weighted by molar-refractivity contribution is 0.190. The van der Waals surface area contributed by atoms with Crippen molar-refractivity contribution in [2.75, 3.05) is 13.7 Å². The summed E-state index contributed by atoms with van der Waals surface area (Å²) in [4.78, 5) is 0. The molecule has 0 saturated carbocycles. The molecule has 0 N–H and O–H groups in total. The fourth-order valence-corrected chi connectivity index (χ4v) is 1.91. The van der Waals surface area contributed by atoms with Crippen molar-refractivity contribution in [3.63, 3.8) is 0 Å². The van der Waals surface area contributed by atoms with E-state index in [4.69, 9.17) is 4.74 Å². The first-order valence-electron chi connectivity index (χ1n) is 5.31. The molecule has 0 bridgehead atoms. The third kappa shape index (κ3) is 2.09. The van der Waals surface area contributed by atoms with Crippen molar-refractivity contribution in [3.05, 3.63) is 42.7 Å². The lowest BCUT2D eigenvalue weighted by Crippen LogP contribution is -1.99. The molecule has 16 heavy (non-hydrogen) atoms. The van der Waals surface area contributed by atoms with Gasteiger partial charge in [0.05, 0.1) is 0 Å². The largest absolute Gasteiger partial charge is 0.385 e. The Morgan fingerprint density at radius 3 is 3.00 bits per heavy atom. The van der Waals surface area contributed by atoms with Gasteiger partial charge in [-0.3, -0.25) is 0 Å². The minimum atomic E-state index is -0.216. The molecule has 0 unspecified atom stereocenters. The van der Waals surface area contributed by atoms with Crippen LogP contribution < -0.4 is 0 Å². The fraction of sp³-hybridized carbons (Fsp3) is 0.308. The van der Waals surface area contributed by atoms with Gasteiger partial charge in [-0.05, 0) is 37.1 Å². The lowest BCUT2D eigenvalue weighted by Gasteiger charge is -2.04. The van der Waals surface area contributed by atoms with Gasteiger partial charge in [0.1, 0.15) is 5.82 Å². The summed E-state index contributed by atoms with van der Waals surface area (Å²) in [5.41, 5.74) is 1.90. The highest BCUT2D eigenvalue weighted by Crippen LogP contribution is 2.21. The minimum Gasteiger partial charge on any atom is -0.385 e. The summed E-state index contributed by atoms with van der Waals surface area (Å²) < 4.78 is 20.2. The van der Waals surface area contributed by atoms with Crippen LogP contribution in [0.1, 0.15) is 12.0 Å². The summed E-state index contributed by atoms with van der Waals surface area (Å²) in [6.07, 6.45) is 2.90. The third-order valence-electron chi connectivity index (χ3n) is 2.67. The average Bonchev–Trinajstić information content (AvgIpc) is 2.56. The van der Waals surface area contributed by atoms with Gasteiger partial charge < -0.3 is 9.30 Å². The molecule has 85 valence electrons. The maximum atomic E-state index is 13.1. The monoisotopic (exact) mass is 220 g/mol. The Morgan fingerprint density at radius 2 is 2.25 bits per heavy atom. The Morgan fingerprint density at radius 1 is 1.44 bits per heavy atom. The number of rotatable bonds is 4. The summed E-state index contributed by atoms with van der Waals surface area (Å²) >= 11 is 0. The van der Waals surface area contributed by atoms with Gasteiger partial charge in [0.25, 0.3) is 0 Å². The van der Waals surface area contributed by atoms with E-state index >= 15 is 0 Å². The Hall–Kier alpha value is -1.35. The summed E-state index contributed by atoms with van der Waals surface area (Å²) in [7, 11) is 1.69. The van der Waals surface area contributed by atoms with Crippen molar-refractivity contribution in [1.29, 1.82) is 0 Å². The van der Waals surface area contributed by atoms with Gasteiger partial charge in [0.15, 0.2) is 0 Å². The second kappa shape index (κ2) is 4.66. The van der Waals surface area contributed by atoms with E-state index in [9.17, 15) is 4.39 Å². The number of fused-ring (bicyclic) bond motifs is 1. The van der Waals surface area contributed by atoms with E-state index in [1.807, 2.05) is 6.20 Å². The Balaban J connectivity index is 2.32. The van der Waals surface area contributed by atoms with Crippen LogP contribution in [0.3, 0.4) is 0 Å². The first-order chi connectivity index (χ1) is 7.72. The van der Waals surface area contributed by atoms with Gasteiger partial charge in [-0.2, -0.15) is 0 Å². The second-order valence-corrected chi connectivity index (χ2v) is 3.86. The molecule has 0 amide bonds. The Bertz CT molecular complexity index is 490. The zero-order chi connectivity index (χ0) is 11.5. The van der Waals surface area contributed by atoms with Crippen LogP contribution in [0.5, 0.6) is 0 Å². The first kappa shape index (κ1) is 11.1. The zero-order valence-corrected chi connectivity index (χ0v) is 9.37. The zero-order valence-electron chi connectivity index (χ0n) is 9.37. The van der Waals surface area contributed by atoms with E-state index in [0.29, 0.717) is 0 Å². The smallest absolute Gasteiger partial charge is 0.123 e. The van der Waals surface area contributed by atoms with Crippen LogP contribution >= 0.6 is 0 Å². The molecule has 2 rings (SSSR count). The lowest BCUT2D eigenvalue weighted by atomic mass is 10.2. The molecule has 1 radical (unpaired) electrons. The van der Waals surface area contributed by atoms with Crippen molar-refractivity contribution >= 4 is 10.9 Å². The average molecular weight is 220 g/mol. The molecule has 0 aliphatic rings. The first-order valence-corrected chi connectivity index (χ1v) is 5.31. The number of halogens is 1. The van der Waals surface area contributed by atoms with Crippen molar-refractivity contribution in [1.82, 2.24) is 4.57 Å². The number of hydrogen-bond acceptors (Lipinski definition) is 1. The maximum absolute atomic E-state index is 13.1. The molecule has 0 spiro atoms.